The van der Waals surface area contributed by atoms with E-state index in [0.717, 1.165) is 25.7 Å². The molecular weight excluding hydrogens is 209 g/mol. The van der Waals surface area contributed by atoms with Gasteiger partial charge in [0, 0.05) is 10.6 Å². The topological polar surface area (TPSA) is 58.0 Å². The molecule has 5 heteroatoms. The van der Waals surface area contributed by atoms with Gasteiger partial charge in [0.05, 0.1) is 6.10 Å². The largest absolute Gasteiger partial charge is 0.487 e. The van der Waals surface area contributed by atoms with Gasteiger partial charge in [-0.1, -0.05) is 5.11 Å². The summed E-state index contributed by atoms with van der Waals surface area (Å²) in [6.07, 6.45) is 4.38. The van der Waals surface area contributed by atoms with Crippen LogP contribution in [0.25, 0.3) is 10.4 Å². The Hall–Kier alpha value is -1.74. The fourth-order valence-corrected chi connectivity index (χ4v) is 1.88. The molecule has 1 aliphatic rings. The van der Waals surface area contributed by atoms with Gasteiger partial charge in [-0.15, -0.1) is 0 Å². The molecule has 0 aromatic heterocycles. The highest BCUT2D eigenvalue weighted by Crippen LogP contribution is 2.28. The van der Waals surface area contributed by atoms with E-state index in [4.69, 9.17) is 10.3 Å². The second kappa shape index (κ2) is 4.86. The van der Waals surface area contributed by atoms with Crippen molar-refractivity contribution in [1.29, 1.82) is 0 Å². The minimum atomic E-state index is -0.475. The predicted molar refractivity (Wildman–Crippen MR) is 58.1 cm³/mol. The second-order valence-electron chi connectivity index (χ2n) is 3.83. The van der Waals surface area contributed by atoms with Gasteiger partial charge in [0.1, 0.15) is 0 Å². The average Bonchev–Trinajstić information content (AvgIpc) is 2.75. The number of halogens is 1. The lowest BCUT2D eigenvalue weighted by Crippen LogP contribution is -2.11. The minimum absolute atomic E-state index is 0.125. The van der Waals surface area contributed by atoms with Crippen LogP contribution in [0.5, 0.6) is 5.75 Å². The average molecular weight is 221 g/mol. The summed E-state index contributed by atoms with van der Waals surface area (Å²) in [5.41, 5.74) is 8.48. The van der Waals surface area contributed by atoms with Gasteiger partial charge in [0.25, 0.3) is 0 Å². The summed E-state index contributed by atoms with van der Waals surface area (Å²) in [4.78, 5) is 2.60. The van der Waals surface area contributed by atoms with Crippen LogP contribution in [0, 0.1) is 5.82 Å². The van der Waals surface area contributed by atoms with Crippen LogP contribution >= 0.6 is 0 Å². The van der Waals surface area contributed by atoms with Gasteiger partial charge in [-0.25, -0.2) is 4.39 Å². The molecule has 0 heterocycles. The Balaban J connectivity index is 2.12. The number of nitrogens with zero attached hydrogens (tertiary/aromatic N) is 3. The van der Waals surface area contributed by atoms with Crippen molar-refractivity contribution in [3.8, 4) is 5.75 Å². The van der Waals surface area contributed by atoms with Crippen LogP contribution in [0.15, 0.2) is 23.3 Å². The summed E-state index contributed by atoms with van der Waals surface area (Å²) in [5, 5.41) is 3.33. The number of ether oxygens (including phenoxy) is 1. The molecule has 1 aromatic rings. The van der Waals surface area contributed by atoms with E-state index in [1.54, 1.807) is 6.07 Å². The maximum atomic E-state index is 13.5. The Labute approximate surface area is 92.7 Å². The molecule has 1 aliphatic carbocycles. The summed E-state index contributed by atoms with van der Waals surface area (Å²) in [5.74, 6) is -0.236. The molecule has 2 rings (SSSR count). The molecule has 16 heavy (non-hydrogen) atoms. The molecule has 0 aliphatic heterocycles. The summed E-state index contributed by atoms with van der Waals surface area (Å²) in [6, 6.07) is 4.24. The van der Waals surface area contributed by atoms with E-state index in [9.17, 15) is 4.39 Å². The SMILES string of the molecule is [N-]=[N+]=Nc1ccc(OC2CCCC2)c(F)c1. The summed E-state index contributed by atoms with van der Waals surface area (Å²) >= 11 is 0. The van der Waals surface area contributed by atoms with Crippen LogP contribution < -0.4 is 4.74 Å². The lowest BCUT2D eigenvalue weighted by Gasteiger charge is -2.13. The third kappa shape index (κ3) is 2.44. The molecule has 0 amide bonds. The maximum Gasteiger partial charge on any atom is 0.165 e. The van der Waals surface area contributed by atoms with E-state index >= 15 is 0 Å². The second-order valence-corrected chi connectivity index (χ2v) is 3.83. The van der Waals surface area contributed by atoms with Crippen molar-refractivity contribution in [2.24, 2.45) is 5.11 Å². The Morgan fingerprint density at radius 1 is 1.38 bits per heavy atom. The number of benzene rings is 1. The van der Waals surface area contributed by atoms with Crippen molar-refractivity contribution < 1.29 is 9.13 Å². The Morgan fingerprint density at radius 2 is 2.12 bits per heavy atom. The van der Waals surface area contributed by atoms with Crippen LogP contribution in [0.2, 0.25) is 0 Å². The standard InChI is InChI=1S/C11H12FN3O/c12-10-7-8(14-15-13)5-6-11(10)16-9-3-1-2-4-9/h5-7,9H,1-4H2. The van der Waals surface area contributed by atoms with Gasteiger partial charge in [-0.2, -0.15) is 0 Å². The quantitative estimate of drug-likeness (QED) is 0.430. The molecule has 0 atom stereocenters. The van der Waals surface area contributed by atoms with Crippen molar-refractivity contribution >= 4 is 5.69 Å². The highest BCUT2D eigenvalue weighted by Gasteiger charge is 2.17. The van der Waals surface area contributed by atoms with Gasteiger partial charge >= 0.3 is 0 Å². The van der Waals surface area contributed by atoms with E-state index in [1.165, 1.54) is 12.1 Å². The smallest absolute Gasteiger partial charge is 0.165 e. The van der Waals surface area contributed by atoms with Crippen molar-refractivity contribution in [1.82, 2.24) is 0 Å². The first-order valence-corrected chi connectivity index (χ1v) is 5.31. The minimum Gasteiger partial charge on any atom is -0.487 e. The van der Waals surface area contributed by atoms with Crippen molar-refractivity contribution in [3.63, 3.8) is 0 Å². The van der Waals surface area contributed by atoms with E-state index in [0.29, 0.717) is 0 Å². The highest BCUT2D eigenvalue weighted by atomic mass is 19.1. The Kier molecular flexibility index (Phi) is 3.27. The molecule has 1 saturated carbocycles. The lowest BCUT2D eigenvalue weighted by molar-refractivity contribution is 0.201. The molecule has 0 N–H and O–H groups in total. The summed E-state index contributed by atoms with van der Waals surface area (Å²) < 4.78 is 19.0. The Morgan fingerprint density at radius 3 is 2.75 bits per heavy atom. The van der Waals surface area contributed by atoms with E-state index in [-0.39, 0.29) is 17.5 Å². The zero-order valence-corrected chi connectivity index (χ0v) is 8.77. The monoisotopic (exact) mass is 221 g/mol. The molecule has 84 valence electrons. The van der Waals surface area contributed by atoms with Crippen LogP contribution in [0.3, 0.4) is 0 Å². The predicted octanol–water partition coefficient (Wildman–Crippen LogP) is 4.09. The van der Waals surface area contributed by atoms with Crippen molar-refractivity contribution in [3.05, 3.63) is 34.5 Å². The molecule has 0 bridgehead atoms. The van der Waals surface area contributed by atoms with Crippen molar-refractivity contribution in [2.75, 3.05) is 0 Å². The number of hydrogen-bond acceptors (Lipinski definition) is 2. The van der Waals surface area contributed by atoms with Gasteiger partial charge in [-0.05, 0) is 49.4 Å². The van der Waals surface area contributed by atoms with E-state index in [1.807, 2.05) is 0 Å². The first-order valence-electron chi connectivity index (χ1n) is 5.31. The summed E-state index contributed by atoms with van der Waals surface area (Å²) in [7, 11) is 0. The Bertz CT molecular complexity index is 423. The van der Waals surface area contributed by atoms with E-state index < -0.39 is 5.82 Å². The first kappa shape index (κ1) is 10.8. The van der Waals surface area contributed by atoms with Gasteiger partial charge in [0.15, 0.2) is 11.6 Å². The molecule has 1 aromatic carbocycles. The fourth-order valence-electron chi connectivity index (χ4n) is 1.88. The molecule has 0 saturated heterocycles. The number of hydrogen-bond donors (Lipinski definition) is 0. The lowest BCUT2D eigenvalue weighted by atomic mass is 10.2. The summed E-state index contributed by atoms with van der Waals surface area (Å²) in [6.45, 7) is 0. The van der Waals surface area contributed by atoms with E-state index in [2.05, 4.69) is 10.0 Å². The highest BCUT2D eigenvalue weighted by molar-refractivity contribution is 5.42. The van der Waals surface area contributed by atoms with Gasteiger partial charge in [-0.3, -0.25) is 0 Å². The zero-order valence-electron chi connectivity index (χ0n) is 8.77. The molecular formula is C11H12FN3O. The maximum absolute atomic E-state index is 13.5. The zero-order chi connectivity index (χ0) is 11.4. The molecule has 4 nitrogen and oxygen atoms in total. The van der Waals surface area contributed by atoms with Gasteiger partial charge in [0.2, 0.25) is 0 Å². The van der Waals surface area contributed by atoms with Crippen LogP contribution in [-0.2, 0) is 0 Å². The number of azide groups is 1. The van der Waals surface area contributed by atoms with Crippen molar-refractivity contribution in [2.45, 2.75) is 31.8 Å². The number of rotatable bonds is 3. The molecule has 0 spiro atoms. The fraction of sp³-hybridized carbons (Fsp3) is 0.455. The molecule has 0 radical (unpaired) electrons. The van der Waals surface area contributed by atoms with Gasteiger partial charge < -0.3 is 4.74 Å². The first-order chi connectivity index (χ1) is 7.79. The third-order valence-corrected chi connectivity index (χ3v) is 2.67. The normalized spacial score (nSPS) is 15.8. The third-order valence-electron chi connectivity index (χ3n) is 2.67. The molecule has 0 unspecified atom stereocenters. The van der Waals surface area contributed by atoms with Crippen LogP contribution in [0.1, 0.15) is 25.7 Å². The van der Waals surface area contributed by atoms with Crippen LogP contribution in [0.4, 0.5) is 10.1 Å². The molecule has 1 fully saturated rings. The van der Waals surface area contributed by atoms with Crippen LogP contribution in [-0.4, -0.2) is 6.10 Å².